The molecule has 1 atom stereocenters. The molecule has 0 aliphatic rings. The Morgan fingerprint density at radius 1 is 1.43 bits per heavy atom. The molecule has 1 unspecified atom stereocenters. The van der Waals surface area contributed by atoms with Crippen LogP contribution in [0.3, 0.4) is 0 Å². The smallest absolute Gasteiger partial charge is 0.177 e. The van der Waals surface area contributed by atoms with Gasteiger partial charge in [0, 0.05) is 18.1 Å². The predicted molar refractivity (Wildman–Crippen MR) is 90.1 cm³/mol. The summed E-state index contributed by atoms with van der Waals surface area (Å²) in [6.07, 6.45) is 4.21. The highest BCUT2D eigenvalue weighted by molar-refractivity contribution is 7.98. The van der Waals surface area contributed by atoms with Gasteiger partial charge in [0.25, 0.3) is 0 Å². The molecule has 2 rings (SSSR count). The van der Waals surface area contributed by atoms with E-state index in [0.717, 1.165) is 23.5 Å². The maximum absolute atomic E-state index is 11.9. The number of hydrogen-bond donors (Lipinski definition) is 0. The fourth-order valence-corrected chi connectivity index (χ4v) is 4.29. The number of nitrogens with zero attached hydrogens (tertiary/aromatic N) is 2. The van der Waals surface area contributed by atoms with Gasteiger partial charge in [-0.3, -0.25) is 0 Å². The van der Waals surface area contributed by atoms with E-state index < -0.39 is 9.84 Å². The van der Waals surface area contributed by atoms with Crippen LogP contribution < -0.4 is 0 Å². The summed E-state index contributed by atoms with van der Waals surface area (Å²) in [7, 11) is -3.31. The summed E-state index contributed by atoms with van der Waals surface area (Å²) < 4.78 is 26.0. The molecule has 1 aromatic heterocycles. The number of alkyl halides is 1. The van der Waals surface area contributed by atoms with Gasteiger partial charge in [0.2, 0.25) is 0 Å². The van der Waals surface area contributed by atoms with Crippen LogP contribution in [0.4, 0.5) is 0 Å². The van der Waals surface area contributed by atoms with Gasteiger partial charge in [-0.25, -0.2) is 13.4 Å². The van der Waals surface area contributed by atoms with Gasteiger partial charge in [0.1, 0.15) is 11.3 Å². The van der Waals surface area contributed by atoms with E-state index in [4.69, 9.17) is 11.6 Å². The maximum atomic E-state index is 11.9. The molecule has 0 saturated carbocycles. The van der Waals surface area contributed by atoms with Crippen molar-refractivity contribution in [2.24, 2.45) is 0 Å². The largest absolute Gasteiger partial charge is 0.323 e. The van der Waals surface area contributed by atoms with Crippen LogP contribution in [0.25, 0.3) is 11.0 Å². The Morgan fingerprint density at radius 2 is 2.14 bits per heavy atom. The minimum Gasteiger partial charge on any atom is -0.323 e. The average molecular weight is 347 g/mol. The molecule has 0 aliphatic heterocycles. The van der Waals surface area contributed by atoms with Crippen molar-refractivity contribution >= 4 is 44.2 Å². The SMILES string of the molecule is CCC(CSC)n1c(CCl)nc2c(S(C)(=O)=O)cccc21. The second kappa shape index (κ2) is 6.58. The number of benzene rings is 1. The number of imidazole rings is 1. The molecule has 0 saturated heterocycles. The van der Waals surface area contributed by atoms with Crippen molar-refractivity contribution in [3.05, 3.63) is 24.0 Å². The zero-order valence-electron chi connectivity index (χ0n) is 12.3. The second-order valence-electron chi connectivity index (χ2n) is 4.95. The minimum atomic E-state index is -3.31. The third-order valence-electron chi connectivity index (χ3n) is 3.47. The zero-order chi connectivity index (χ0) is 15.6. The number of thioether (sulfide) groups is 1. The van der Waals surface area contributed by atoms with Crippen molar-refractivity contribution in [1.82, 2.24) is 9.55 Å². The highest BCUT2D eigenvalue weighted by Gasteiger charge is 2.21. The maximum Gasteiger partial charge on any atom is 0.177 e. The molecule has 0 spiro atoms. The molecule has 4 nitrogen and oxygen atoms in total. The molecule has 21 heavy (non-hydrogen) atoms. The molecule has 0 N–H and O–H groups in total. The van der Waals surface area contributed by atoms with Crippen LogP contribution in [0.1, 0.15) is 25.2 Å². The third-order valence-corrected chi connectivity index (χ3v) is 5.56. The van der Waals surface area contributed by atoms with Gasteiger partial charge in [0.05, 0.1) is 16.3 Å². The second-order valence-corrected chi connectivity index (χ2v) is 8.11. The number of sulfone groups is 1. The highest BCUT2D eigenvalue weighted by atomic mass is 35.5. The average Bonchev–Trinajstić information content (AvgIpc) is 2.81. The molecule has 0 bridgehead atoms. The monoisotopic (exact) mass is 346 g/mol. The molecular weight excluding hydrogens is 328 g/mol. The van der Waals surface area contributed by atoms with Crippen molar-refractivity contribution in [3.8, 4) is 0 Å². The standard InChI is InChI=1S/C14H19ClN2O2S2/c1-4-10(9-20-2)17-11-6-5-7-12(21(3,18)19)14(11)16-13(17)8-15/h5-7,10H,4,8-9H2,1-3H3. The van der Waals surface area contributed by atoms with Crippen molar-refractivity contribution < 1.29 is 8.42 Å². The van der Waals surface area contributed by atoms with E-state index in [1.807, 2.05) is 6.07 Å². The molecule has 0 radical (unpaired) electrons. The lowest BCUT2D eigenvalue weighted by Gasteiger charge is -2.19. The molecule has 0 aliphatic carbocycles. The Hall–Kier alpha value is -0.720. The molecule has 7 heteroatoms. The molecule has 0 fully saturated rings. The Kier molecular flexibility index (Phi) is 5.22. The van der Waals surface area contributed by atoms with Crippen molar-refractivity contribution in [1.29, 1.82) is 0 Å². The number of halogens is 1. The van der Waals surface area contributed by atoms with Crippen LogP contribution in [-0.4, -0.2) is 36.2 Å². The van der Waals surface area contributed by atoms with Crippen LogP contribution in [-0.2, 0) is 15.7 Å². The van der Waals surface area contributed by atoms with Gasteiger partial charge >= 0.3 is 0 Å². The summed E-state index contributed by atoms with van der Waals surface area (Å²) >= 11 is 7.79. The fourth-order valence-electron chi connectivity index (χ4n) is 2.51. The molecular formula is C14H19ClN2O2S2. The first-order valence-corrected chi connectivity index (χ1v) is 10.5. The lowest BCUT2D eigenvalue weighted by atomic mass is 10.2. The van der Waals surface area contributed by atoms with E-state index >= 15 is 0 Å². The normalized spacial score (nSPS) is 13.7. The van der Waals surface area contributed by atoms with Gasteiger partial charge in [-0.2, -0.15) is 11.8 Å². The summed E-state index contributed by atoms with van der Waals surface area (Å²) in [6.45, 7) is 2.12. The number of hydrogen-bond acceptors (Lipinski definition) is 4. The summed E-state index contributed by atoms with van der Waals surface area (Å²) in [5, 5.41) is 0. The van der Waals surface area contributed by atoms with Gasteiger partial charge < -0.3 is 4.57 Å². The van der Waals surface area contributed by atoms with Crippen molar-refractivity contribution in [2.45, 2.75) is 30.2 Å². The van der Waals surface area contributed by atoms with Crippen LogP contribution >= 0.6 is 23.4 Å². The third kappa shape index (κ3) is 3.22. The summed E-state index contributed by atoms with van der Waals surface area (Å²) in [5.74, 6) is 1.93. The van der Waals surface area contributed by atoms with Crippen molar-refractivity contribution in [3.63, 3.8) is 0 Å². The van der Waals surface area contributed by atoms with Crippen LogP contribution in [0, 0.1) is 0 Å². The number of fused-ring (bicyclic) bond motifs is 1. The number of aromatic nitrogens is 2. The zero-order valence-corrected chi connectivity index (χ0v) is 14.7. The van der Waals surface area contributed by atoms with Crippen LogP contribution in [0.5, 0.6) is 0 Å². The van der Waals surface area contributed by atoms with Gasteiger partial charge in [-0.05, 0) is 24.8 Å². The van der Waals surface area contributed by atoms with E-state index in [-0.39, 0.29) is 16.8 Å². The predicted octanol–water partition coefficient (Wildman–Crippen LogP) is 3.49. The summed E-state index contributed by atoms with van der Waals surface area (Å²) in [6, 6.07) is 5.54. The van der Waals surface area contributed by atoms with Crippen molar-refractivity contribution in [2.75, 3.05) is 18.3 Å². The van der Waals surface area contributed by atoms with E-state index in [0.29, 0.717) is 5.52 Å². The van der Waals surface area contributed by atoms with E-state index in [1.165, 1.54) is 6.26 Å². The number of rotatable bonds is 6. The quantitative estimate of drug-likeness (QED) is 0.751. The van der Waals surface area contributed by atoms with E-state index in [2.05, 4.69) is 22.7 Å². The highest BCUT2D eigenvalue weighted by Crippen LogP contribution is 2.29. The Labute approximate surface area is 134 Å². The minimum absolute atomic E-state index is 0.258. The Bertz CT molecular complexity index is 741. The van der Waals surface area contributed by atoms with Gasteiger partial charge in [-0.1, -0.05) is 13.0 Å². The molecule has 116 valence electrons. The van der Waals surface area contributed by atoms with Gasteiger partial charge in [0.15, 0.2) is 9.84 Å². The van der Waals surface area contributed by atoms with E-state index in [9.17, 15) is 8.42 Å². The van der Waals surface area contributed by atoms with E-state index in [1.54, 1.807) is 23.9 Å². The Balaban J connectivity index is 2.76. The lowest BCUT2D eigenvalue weighted by molar-refractivity contribution is 0.538. The Morgan fingerprint density at radius 3 is 2.67 bits per heavy atom. The first kappa shape index (κ1) is 16.6. The first-order valence-electron chi connectivity index (χ1n) is 6.68. The summed E-state index contributed by atoms with van der Waals surface area (Å²) in [4.78, 5) is 4.76. The molecule has 2 aromatic rings. The van der Waals surface area contributed by atoms with Gasteiger partial charge in [-0.15, -0.1) is 11.6 Å². The van der Waals surface area contributed by atoms with Crippen LogP contribution in [0.2, 0.25) is 0 Å². The first-order chi connectivity index (χ1) is 9.93. The number of para-hydroxylation sites is 1. The molecule has 1 heterocycles. The lowest BCUT2D eigenvalue weighted by Crippen LogP contribution is -2.13. The van der Waals surface area contributed by atoms with Crippen LogP contribution in [0.15, 0.2) is 23.1 Å². The molecule has 0 amide bonds. The topological polar surface area (TPSA) is 52.0 Å². The molecule has 1 aromatic carbocycles. The summed E-state index contributed by atoms with van der Waals surface area (Å²) in [5.41, 5.74) is 1.37. The fraction of sp³-hybridized carbons (Fsp3) is 0.500.